The average molecular weight is 191 g/mol. The molecular formula is C9H9N3O2. The van der Waals surface area contributed by atoms with Gasteiger partial charge in [0.1, 0.15) is 0 Å². The van der Waals surface area contributed by atoms with Gasteiger partial charge in [-0.3, -0.25) is 9.20 Å². The zero-order chi connectivity index (χ0) is 10.1. The highest BCUT2D eigenvalue weighted by Gasteiger charge is 2.11. The van der Waals surface area contributed by atoms with Gasteiger partial charge in [-0.2, -0.15) is 0 Å². The van der Waals surface area contributed by atoms with Gasteiger partial charge in [-0.05, 0) is 13.0 Å². The summed E-state index contributed by atoms with van der Waals surface area (Å²) in [5.41, 5.74) is 1.40. The van der Waals surface area contributed by atoms with E-state index in [1.807, 2.05) is 13.1 Å². The number of aryl methyl sites for hydroxylation is 1. The molecule has 0 bridgehead atoms. The Morgan fingerprint density at radius 1 is 1.64 bits per heavy atom. The number of carbonyl (C=O) groups is 1. The van der Waals surface area contributed by atoms with Crippen LogP contribution in [0, 0.1) is 6.92 Å². The molecule has 14 heavy (non-hydrogen) atoms. The lowest BCUT2D eigenvalue weighted by molar-refractivity contribution is -0.136. The van der Waals surface area contributed by atoms with Crippen LogP contribution < -0.4 is 0 Å². The van der Waals surface area contributed by atoms with Crippen LogP contribution in [-0.2, 0) is 11.2 Å². The van der Waals surface area contributed by atoms with Crippen molar-refractivity contribution in [1.82, 2.24) is 14.4 Å². The lowest BCUT2D eigenvalue weighted by Gasteiger charge is -1.94. The molecule has 0 unspecified atom stereocenters. The van der Waals surface area contributed by atoms with E-state index in [1.54, 1.807) is 16.7 Å². The molecule has 0 saturated carbocycles. The third-order valence-electron chi connectivity index (χ3n) is 2.06. The monoisotopic (exact) mass is 191 g/mol. The fraction of sp³-hybridized carbons (Fsp3) is 0.222. The van der Waals surface area contributed by atoms with Gasteiger partial charge in [0.2, 0.25) is 5.78 Å². The third-order valence-corrected chi connectivity index (χ3v) is 2.06. The lowest BCUT2D eigenvalue weighted by atomic mass is 10.2. The van der Waals surface area contributed by atoms with Gasteiger partial charge in [-0.25, -0.2) is 9.97 Å². The van der Waals surface area contributed by atoms with E-state index >= 15 is 0 Å². The first-order valence-corrected chi connectivity index (χ1v) is 4.19. The molecule has 2 aromatic heterocycles. The van der Waals surface area contributed by atoms with Gasteiger partial charge >= 0.3 is 5.97 Å². The van der Waals surface area contributed by atoms with Crippen LogP contribution >= 0.6 is 0 Å². The number of aliphatic carboxylic acids is 1. The van der Waals surface area contributed by atoms with E-state index in [9.17, 15) is 4.79 Å². The number of imidazole rings is 1. The topological polar surface area (TPSA) is 67.5 Å². The van der Waals surface area contributed by atoms with Crippen LogP contribution in [0.25, 0.3) is 5.78 Å². The van der Waals surface area contributed by atoms with Gasteiger partial charge < -0.3 is 5.11 Å². The van der Waals surface area contributed by atoms with Crippen molar-refractivity contribution in [3.63, 3.8) is 0 Å². The smallest absolute Gasteiger partial charge is 0.309 e. The van der Waals surface area contributed by atoms with Crippen LogP contribution in [0.4, 0.5) is 0 Å². The summed E-state index contributed by atoms with van der Waals surface area (Å²) in [4.78, 5) is 18.7. The van der Waals surface area contributed by atoms with Crippen molar-refractivity contribution in [3.05, 3.63) is 29.8 Å². The van der Waals surface area contributed by atoms with Gasteiger partial charge in [0, 0.05) is 18.1 Å². The van der Waals surface area contributed by atoms with E-state index in [-0.39, 0.29) is 6.42 Å². The predicted octanol–water partition coefficient (Wildman–Crippen LogP) is 0.665. The Morgan fingerprint density at radius 3 is 3.07 bits per heavy atom. The minimum atomic E-state index is -0.878. The van der Waals surface area contributed by atoms with Crippen LogP contribution in [0.3, 0.4) is 0 Å². The summed E-state index contributed by atoms with van der Waals surface area (Å²) in [7, 11) is 0. The van der Waals surface area contributed by atoms with Gasteiger partial charge in [0.05, 0.1) is 12.1 Å². The van der Waals surface area contributed by atoms with Crippen molar-refractivity contribution in [2.24, 2.45) is 0 Å². The van der Waals surface area contributed by atoms with Crippen molar-refractivity contribution in [2.45, 2.75) is 13.3 Å². The molecule has 2 aromatic rings. The number of hydrogen-bond acceptors (Lipinski definition) is 3. The Labute approximate surface area is 80.0 Å². The first-order valence-electron chi connectivity index (χ1n) is 4.19. The average Bonchev–Trinajstić information content (AvgIpc) is 2.44. The fourth-order valence-electron chi connectivity index (χ4n) is 1.36. The molecule has 5 nitrogen and oxygen atoms in total. The number of fused-ring (bicyclic) bond motifs is 1. The second-order valence-corrected chi connectivity index (χ2v) is 3.00. The first kappa shape index (κ1) is 8.68. The number of aromatic nitrogens is 3. The Bertz CT molecular complexity index is 490. The zero-order valence-electron chi connectivity index (χ0n) is 7.64. The highest BCUT2D eigenvalue weighted by atomic mass is 16.4. The van der Waals surface area contributed by atoms with E-state index in [1.165, 1.54) is 0 Å². The summed E-state index contributed by atoms with van der Waals surface area (Å²) in [6.45, 7) is 1.83. The molecule has 0 atom stereocenters. The Morgan fingerprint density at radius 2 is 2.43 bits per heavy atom. The quantitative estimate of drug-likeness (QED) is 0.757. The summed E-state index contributed by atoms with van der Waals surface area (Å²) >= 11 is 0. The normalized spacial score (nSPS) is 10.6. The molecule has 5 heteroatoms. The molecule has 0 spiro atoms. The summed E-state index contributed by atoms with van der Waals surface area (Å²) in [6, 6.07) is 1.78. The summed E-state index contributed by atoms with van der Waals surface area (Å²) in [6.07, 6.45) is 3.39. The summed E-state index contributed by atoms with van der Waals surface area (Å²) in [5.74, 6) is -0.335. The molecule has 0 aliphatic carbocycles. The van der Waals surface area contributed by atoms with Gasteiger partial charge in [0.15, 0.2) is 0 Å². The number of carboxylic acids is 1. The van der Waals surface area contributed by atoms with E-state index in [2.05, 4.69) is 9.97 Å². The Balaban J connectivity index is 2.57. The van der Waals surface area contributed by atoms with Crippen LogP contribution in [0.5, 0.6) is 0 Å². The second-order valence-electron chi connectivity index (χ2n) is 3.00. The molecular weight excluding hydrogens is 182 g/mol. The maximum Gasteiger partial charge on any atom is 0.309 e. The molecule has 72 valence electrons. The molecule has 0 radical (unpaired) electrons. The minimum Gasteiger partial charge on any atom is -0.481 e. The van der Waals surface area contributed by atoms with Crippen molar-refractivity contribution in [3.8, 4) is 0 Å². The number of hydrogen-bond donors (Lipinski definition) is 1. The number of carboxylic acid groups (broad SMARTS) is 1. The van der Waals surface area contributed by atoms with Crippen molar-refractivity contribution < 1.29 is 9.90 Å². The Kier molecular flexibility index (Phi) is 1.92. The van der Waals surface area contributed by atoms with E-state index in [4.69, 9.17) is 5.11 Å². The maximum absolute atomic E-state index is 10.5. The molecule has 0 saturated heterocycles. The SMILES string of the molecule is Cc1c(CC(=O)O)nc2ncccn12. The highest BCUT2D eigenvalue weighted by Crippen LogP contribution is 2.09. The molecule has 0 aliphatic rings. The largest absolute Gasteiger partial charge is 0.481 e. The van der Waals surface area contributed by atoms with E-state index < -0.39 is 5.97 Å². The standard InChI is InChI=1S/C9H9N3O2/c1-6-7(5-8(13)14)11-9-10-3-2-4-12(6)9/h2-4H,5H2,1H3,(H,13,14). The van der Waals surface area contributed by atoms with Crippen molar-refractivity contribution >= 4 is 11.7 Å². The highest BCUT2D eigenvalue weighted by molar-refractivity contribution is 5.70. The van der Waals surface area contributed by atoms with Gasteiger partial charge in [-0.15, -0.1) is 0 Å². The van der Waals surface area contributed by atoms with Crippen LogP contribution in [0.1, 0.15) is 11.4 Å². The molecule has 0 amide bonds. The molecule has 2 rings (SSSR count). The summed E-state index contributed by atoms with van der Waals surface area (Å²) < 4.78 is 1.78. The van der Waals surface area contributed by atoms with Crippen molar-refractivity contribution in [1.29, 1.82) is 0 Å². The number of rotatable bonds is 2. The minimum absolute atomic E-state index is 0.0603. The van der Waals surface area contributed by atoms with Gasteiger partial charge in [0.25, 0.3) is 0 Å². The van der Waals surface area contributed by atoms with Gasteiger partial charge in [-0.1, -0.05) is 0 Å². The fourth-order valence-corrected chi connectivity index (χ4v) is 1.36. The van der Waals surface area contributed by atoms with Crippen LogP contribution in [0.2, 0.25) is 0 Å². The molecule has 0 aliphatic heterocycles. The molecule has 1 N–H and O–H groups in total. The van der Waals surface area contributed by atoms with E-state index in [0.717, 1.165) is 5.69 Å². The first-order chi connectivity index (χ1) is 6.68. The van der Waals surface area contributed by atoms with Crippen LogP contribution in [-0.4, -0.2) is 25.4 Å². The number of nitrogens with zero attached hydrogens (tertiary/aromatic N) is 3. The second kappa shape index (κ2) is 3.10. The molecule has 0 aromatic carbocycles. The maximum atomic E-state index is 10.5. The summed E-state index contributed by atoms with van der Waals surface area (Å²) in [5, 5.41) is 8.65. The predicted molar refractivity (Wildman–Crippen MR) is 49.1 cm³/mol. The third kappa shape index (κ3) is 1.32. The molecule has 0 fully saturated rings. The lowest BCUT2D eigenvalue weighted by Crippen LogP contribution is -2.02. The van der Waals surface area contributed by atoms with Crippen molar-refractivity contribution in [2.75, 3.05) is 0 Å². The Hall–Kier alpha value is -1.91. The van der Waals surface area contributed by atoms with Crippen LogP contribution in [0.15, 0.2) is 18.5 Å². The zero-order valence-corrected chi connectivity index (χ0v) is 7.64. The molecule has 2 heterocycles. The van der Waals surface area contributed by atoms with E-state index in [0.29, 0.717) is 11.5 Å².